The van der Waals surface area contributed by atoms with Crippen LogP contribution in [0.4, 0.5) is 5.69 Å². The van der Waals surface area contributed by atoms with E-state index >= 15 is 0 Å². The van der Waals surface area contributed by atoms with Crippen LogP contribution in [0.2, 0.25) is 10.0 Å². The van der Waals surface area contributed by atoms with Crippen LogP contribution >= 0.6 is 23.2 Å². The maximum absolute atomic E-state index is 13.7. The van der Waals surface area contributed by atoms with E-state index in [2.05, 4.69) is 5.32 Å². The number of nitrogens with one attached hydrogen (secondary N) is 1. The van der Waals surface area contributed by atoms with E-state index in [0.717, 1.165) is 47.4 Å². The molecule has 2 amide bonds. The highest BCUT2D eigenvalue weighted by Crippen LogP contribution is 2.27. The van der Waals surface area contributed by atoms with Crippen molar-refractivity contribution in [2.45, 2.75) is 65.1 Å². The zero-order valence-corrected chi connectivity index (χ0v) is 23.4. The Morgan fingerprint density at radius 2 is 1.75 bits per heavy atom. The van der Waals surface area contributed by atoms with Gasteiger partial charge in [-0.15, -0.1) is 0 Å². The Morgan fingerprint density at radius 3 is 2.36 bits per heavy atom. The normalized spacial score (nSPS) is 14.9. The summed E-state index contributed by atoms with van der Waals surface area (Å²) in [5.74, 6) is -0.769. The van der Waals surface area contributed by atoms with Gasteiger partial charge < -0.3 is 10.2 Å². The molecule has 0 saturated heterocycles. The lowest BCUT2D eigenvalue weighted by Crippen LogP contribution is -2.52. The fourth-order valence-electron chi connectivity index (χ4n) is 4.41. The summed E-state index contributed by atoms with van der Waals surface area (Å²) in [6, 6.07) is 9.58. The Bertz CT molecular complexity index is 1230. The van der Waals surface area contributed by atoms with Crippen molar-refractivity contribution >= 4 is 50.7 Å². The Morgan fingerprint density at radius 1 is 1.08 bits per heavy atom. The largest absolute Gasteiger partial charge is 0.352 e. The van der Waals surface area contributed by atoms with Gasteiger partial charge >= 0.3 is 0 Å². The zero-order valence-electron chi connectivity index (χ0n) is 21.1. The SMILES string of the molecule is Cc1cccc(N(CC(=O)N(Cc2ccc(Cl)c(Cl)c2)[C@@H](C)C(=O)NC2CCCC2)S(C)(=O)=O)c1C. The molecule has 1 atom stereocenters. The number of benzene rings is 2. The van der Waals surface area contributed by atoms with E-state index in [1.54, 1.807) is 37.3 Å². The summed E-state index contributed by atoms with van der Waals surface area (Å²) in [5, 5.41) is 3.75. The predicted octanol–water partition coefficient (Wildman–Crippen LogP) is 4.85. The van der Waals surface area contributed by atoms with Gasteiger partial charge in [0.1, 0.15) is 12.6 Å². The molecular weight excluding hydrogens is 521 g/mol. The monoisotopic (exact) mass is 553 g/mol. The quantitative estimate of drug-likeness (QED) is 0.480. The van der Waals surface area contributed by atoms with Crippen molar-refractivity contribution < 1.29 is 18.0 Å². The Balaban J connectivity index is 1.93. The van der Waals surface area contributed by atoms with Gasteiger partial charge in [0.25, 0.3) is 0 Å². The summed E-state index contributed by atoms with van der Waals surface area (Å²) in [7, 11) is -3.79. The minimum atomic E-state index is -3.79. The molecule has 3 rings (SSSR count). The van der Waals surface area contributed by atoms with Crippen LogP contribution in [0, 0.1) is 13.8 Å². The van der Waals surface area contributed by atoms with Gasteiger partial charge in [0.15, 0.2) is 0 Å². The molecule has 7 nitrogen and oxygen atoms in total. The Hall–Kier alpha value is -2.29. The number of sulfonamides is 1. The number of hydrogen-bond donors (Lipinski definition) is 1. The Kier molecular flexibility index (Phi) is 9.30. The molecule has 1 aliphatic rings. The summed E-state index contributed by atoms with van der Waals surface area (Å²) in [5.41, 5.74) is 2.78. The summed E-state index contributed by atoms with van der Waals surface area (Å²) < 4.78 is 26.6. The molecule has 2 aromatic carbocycles. The van der Waals surface area contributed by atoms with E-state index < -0.39 is 28.5 Å². The van der Waals surface area contributed by atoms with Gasteiger partial charge in [-0.2, -0.15) is 0 Å². The van der Waals surface area contributed by atoms with Crippen LogP contribution in [-0.4, -0.2) is 50.0 Å². The number of nitrogens with zero attached hydrogens (tertiary/aromatic N) is 2. The second kappa shape index (κ2) is 11.8. The summed E-state index contributed by atoms with van der Waals surface area (Å²) in [6.07, 6.45) is 5.01. The van der Waals surface area contributed by atoms with Crippen LogP contribution in [0.15, 0.2) is 36.4 Å². The standard InChI is InChI=1S/C26H33Cl2N3O4S/c1-17-8-7-11-24(18(17)2)31(36(4,34)35)16-25(32)30(15-20-12-13-22(27)23(28)14-20)19(3)26(33)29-21-9-5-6-10-21/h7-8,11-14,19,21H,5-6,9-10,15-16H2,1-4H3,(H,29,33)/t19-/m0/s1. The molecule has 196 valence electrons. The highest BCUT2D eigenvalue weighted by atomic mass is 35.5. The number of aryl methyl sites for hydroxylation is 1. The number of carbonyl (C=O) groups excluding carboxylic acids is 2. The van der Waals surface area contributed by atoms with Crippen molar-refractivity contribution in [3.05, 3.63) is 63.1 Å². The predicted molar refractivity (Wildman–Crippen MR) is 145 cm³/mol. The first-order chi connectivity index (χ1) is 16.9. The molecule has 10 heteroatoms. The maximum Gasteiger partial charge on any atom is 0.244 e. The molecule has 0 spiro atoms. The number of amides is 2. The van der Waals surface area contributed by atoms with Gasteiger partial charge in [0, 0.05) is 12.6 Å². The maximum atomic E-state index is 13.7. The minimum Gasteiger partial charge on any atom is -0.352 e. The van der Waals surface area contributed by atoms with Crippen LogP contribution in [0.1, 0.15) is 49.3 Å². The fourth-order valence-corrected chi connectivity index (χ4v) is 5.63. The third kappa shape index (κ3) is 6.93. The van der Waals surface area contributed by atoms with Crippen molar-refractivity contribution in [1.29, 1.82) is 0 Å². The molecular formula is C26H33Cl2N3O4S. The van der Waals surface area contributed by atoms with Crippen LogP contribution in [0.25, 0.3) is 0 Å². The minimum absolute atomic E-state index is 0.0688. The van der Waals surface area contributed by atoms with Gasteiger partial charge in [-0.3, -0.25) is 13.9 Å². The van der Waals surface area contributed by atoms with E-state index in [-0.39, 0.29) is 18.5 Å². The second-order valence-electron chi connectivity index (χ2n) is 9.42. The molecule has 1 aliphatic carbocycles. The van der Waals surface area contributed by atoms with Crippen molar-refractivity contribution in [3.63, 3.8) is 0 Å². The van der Waals surface area contributed by atoms with E-state index in [9.17, 15) is 18.0 Å². The molecule has 0 aromatic heterocycles. The first-order valence-corrected chi connectivity index (χ1v) is 14.6. The molecule has 36 heavy (non-hydrogen) atoms. The lowest BCUT2D eigenvalue weighted by atomic mass is 10.1. The highest BCUT2D eigenvalue weighted by Gasteiger charge is 2.32. The molecule has 1 N–H and O–H groups in total. The second-order valence-corrected chi connectivity index (χ2v) is 12.1. The summed E-state index contributed by atoms with van der Waals surface area (Å²) >= 11 is 12.2. The molecule has 0 bridgehead atoms. The molecule has 1 fully saturated rings. The molecule has 0 heterocycles. The van der Waals surface area contributed by atoms with Crippen molar-refractivity contribution in [1.82, 2.24) is 10.2 Å². The van der Waals surface area contributed by atoms with Crippen LogP contribution in [0.3, 0.4) is 0 Å². The molecule has 1 saturated carbocycles. The van der Waals surface area contributed by atoms with E-state index in [1.165, 1.54) is 4.90 Å². The van der Waals surface area contributed by atoms with E-state index in [4.69, 9.17) is 23.2 Å². The molecule has 2 aromatic rings. The third-order valence-corrected chi connectivity index (χ3v) is 8.60. The van der Waals surface area contributed by atoms with Crippen LogP contribution < -0.4 is 9.62 Å². The van der Waals surface area contributed by atoms with E-state index in [0.29, 0.717) is 21.3 Å². The van der Waals surface area contributed by atoms with Crippen molar-refractivity contribution in [3.8, 4) is 0 Å². The van der Waals surface area contributed by atoms with E-state index in [1.807, 2.05) is 19.9 Å². The third-order valence-electron chi connectivity index (χ3n) is 6.73. The number of hydrogen-bond acceptors (Lipinski definition) is 4. The summed E-state index contributed by atoms with van der Waals surface area (Å²) in [4.78, 5) is 28.2. The molecule has 0 unspecified atom stereocenters. The van der Waals surface area contributed by atoms with Gasteiger partial charge in [-0.25, -0.2) is 8.42 Å². The highest BCUT2D eigenvalue weighted by molar-refractivity contribution is 7.92. The van der Waals surface area contributed by atoms with Gasteiger partial charge in [0.2, 0.25) is 21.8 Å². The van der Waals surface area contributed by atoms with Gasteiger partial charge in [0.05, 0.1) is 22.0 Å². The van der Waals surface area contributed by atoms with Crippen LogP contribution in [-0.2, 0) is 26.2 Å². The number of rotatable bonds is 9. The zero-order chi connectivity index (χ0) is 26.6. The fraction of sp³-hybridized carbons (Fsp3) is 0.462. The average molecular weight is 555 g/mol. The lowest BCUT2D eigenvalue weighted by molar-refractivity contribution is -0.139. The molecule has 0 radical (unpaired) electrons. The number of halogens is 2. The number of anilines is 1. The summed E-state index contributed by atoms with van der Waals surface area (Å²) in [6.45, 7) is 4.99. The smallest absolute Gasteiger partial charge is 0.244 e. The van der Waals surface area contributed by atoms with Gasteiger partial charge in [-0.05, 0) is 68.5 Å². The average Bonchev–Trinajstić information content (AvgIpc) is 3.32. The van der Waals surface area contributed by atoms with Crippen LogP contribution in [0.5, 0.6) is 0 Å². The topological polar surface area (TPSA) is 86.8 Å². The van der Waals surface area contributed by atoms with Gasteiger partial charge in [-0.1, -0.05) is 54.2 Å². The first kappa shape index (κ1) is 28.3. The van der Waals surface area contributed by atoms with Crippen molar-refractivity contribution in [2.24, 2.45) is 0 Å². The first-order valence-electron chi connectivity index (χ1n) is 12.0. The number of carbonyl (C=O) groups is 2. The Labute approximate surface area is 223 Å². The lowest BCUT2D eigenvalue weighted by Gasteiger charge is -2.32. The molecule has 0 aliphatic heterocycles. The van der Waals surface area contributed by atoms with Crippen molar-refractivity contribution in [2.75, 3.05) is 17.1 Å².